The summed E-state index contributed by atoms with van der Waals surface area (Å²) >= 11 is 6.42. The molecule has 3 rings (SSSR count). The number of carbonyl (C=O) groups excluding carboxylic acids is 1. The van der Waals surface area contributed by atoms with Crippen molar-refractivity contribution in [3.8, 4) is 5.75 Å². The van der Waals surface area contributed by atoms with Crippen LogP contribution in [0.15, 0.2) is 47.4 Å². The first-order valence-corrected chi connectivity index (χ1v) is 9.10. The Bertz CT molecular complexity index is 968. The maximum atomic E-state index is 12.8. The predicted molar refractivity (Wildman–Crippen MR) is 109 cm³/mol. The van der Waals surface area contributed by atoms with Gasteiger partial charge in [0.1, 0.15) is 0 Å². The van der Waals surface area contributed by atoms with Gasteiger partial charge in [-0.3, -0.25) is 9.69 Å². The van der Waals surface area contributed by atoms with Crippen LogP contribution in [0.5, 0.6) is 5.75 Å². The first kappa shape index (κ1) is 18.9. The van der Waals surface area contributed by atoms with Crippen molar-refractivity contribution >= 4 is 57.6 Å². The molecule has 1 amide bonds. The summed E-state index contributed by atoms with van der Waals surface area (Å²) in [6.07, 6.45) is 1.73. The molecule has 1 aliphatic heterocycles. The second kappa shape index (κ2) is 7.42. The molecular weight excluding hydrogens is 384 g/mol. The third kappa shape index (κ3) is 3.81. The van der Waals surface area contributed by atoms with Crippen molar-refractivity contribution in [3.63, 3.8) is 0 Å². The number of anilines is 2. The fraction of sp³-hybridized carbons (Fsp3) is 0.105. The molecule has 0 bridgehead atoms. The van der Waals surface area contributed by atoms with Gasteiger partial charge < -0.3 is 15.1 Å². The summed E-state index contributed by atoms with van der Waals surface area (Å²) in [7, 11) is 3.89. The van der Waals surface area contributed by atoms with E-state index in [1.54, 1.807) is 6.08 Å². The highest BCUT2D eigenvalue weighted by atomic mass is 32.2. The summed E-state index contributed by atoms with van der Waals surface area (Å²) in [6, 6.07) is 11.4. The monoisotopic (exact) mass is 399 g/mol. The molecule has 0 aliphatic carbocycles. The van der Waals surface area contributed by atoms with Crippen molar-refractivity contribution in [3.05, 3.63) is 58.5 Å². The number of carboxylic acid groups (broad SMARTS) is 1. The van der Waals surface area contributed by atoms with E-state index in [2.05, 4.69) is 0 Å². The number of carbonyl (C=O) groups is 2. The Labute approximate surface area is 165 Å². The van der Waals surface area contributed by atoms with Gasteiger partial charge in [0.15, 0.2) is 4.32 Å². The van der Waals surface area contributed by atoms with Gasteiger partial charge in [-0.25, -0.2) is 4.79 Å². The number of thiocarbonyl (C=S) groups is 1. The molecule has 1 heterocycles. The van der Waals surface area contributed by atoms with Crippen LogP contribution in [0.1, 0.15) is 15.9 Å². The van der Waals surface area contributed by atoms with Gasteiger partial charge >= 0.3 is 5.97 Å². The largest absolute Gasteiger partial charge is 0.872 e. The van der Waals surface area contributed by atoms with Crippen molar-refractivity contribution in [1.29, 1.82) is 0 Å². The second-order valence-electron chi connectivity index (χ2n) is 5.99. The molecule has 0 unspecified atom stereocenters. The van der Waals surface area contributed by atoms with Crippen molar-refractivity contribution in [2.45, 2.75) is 0 Å². The molecular formula is C19H15N2O4S2-. The molecule has 6 nitrogen and oxygen atoms in total. The molecule has 0 aromatic heterocycles. The van der Waals surface area contributed by atoms with Gasteiger partial charge in [0, 0.05) is 19.8 Å². The van der Waals surface area contributed by atoms with E-state index in [1.165, 1.54) is 17.0 Å². The molecule has 138 valence electrons. The first-order valence-electron chi connectivity index (χ1n) is 7.87. The molecule has 0 spiro atoms. The minimum absolute atomic E-state index is 0.265. The first-order chi connectivity index (χ1) is 12.8. The summed E-state index contributed by atoms with van der Waals surface area (Å²) in [5.74, 6) is -2.31. The van der Waals surface area contributed by atoms with Gasteiger partial charge in [0.05, 0.1) is 16.2 Å². The van der Waals surface area contributed by atoms with E-state index in [-0.39, 0.29) is 15.9 Å². The van der Waals surface area contributed by atoms with Crippen molar-refractivity contribution < 1.29 is 19.8 Å². The van der Waals surface area contributed by atoms with Crippen LogP contribution in [0.4, 0.5) is 11.4 Å². The molecule has 0 saturated carbocycles. The molecule has 2 aromatic carbocycles. The fourth-order valence-electron chi connectivity index (χ4n) is 2.53. The zero-order chi connectivity index (χ0) is 19.7. The Balaban J connectivity index is 1.91. The summed E-state index contributed by atoms with van der Waals surface area (Å²) < 4.78 is 0.283. The average Bonchev–Trinajstić information content (AvgIpc) is 2.89. The average molecular weight is 399 g/mol. The lowest BCUT2D eigenvalue weighted by atomic mass is 10.1. The molecule has 27 heavy (non-hydrogen) atoms. The summed E-state index contributed by atoms with van der Waals surface area (Å²) in [5, 5.41) is 20.8. The van der Waals surface area contributed by atoms with Crippen LogP contribution in [-0.4, -0.2) is 35.4 Å². The predicted octanol–water partition coefficient (Wildman–Crippen LogP) is 2.93. The molecule has 0 atom stereocenters. The lowest BCUT2D eigenvalue weighted by Gasteiger charge is -2.18. The Hall–Kier alpha value is -2.84. The van der Waals surface area contributed by atoms with Crippen molar-refractivity contribution in [1.82, 2.24) is 0 Å². The van der Waals surface area contributed by atoms with E-state index in [0.717, 1.165) is 29.1 Å². The molecule has 8 heteroatoms. The van der Waals surface area contributed by atoms with Crippen LogP contribution in [-0.2, 0) is 4.79 Å². The summed E-state index contributed by atoms with van der Waals surface area (Å²) in [5.41, 5.74) is 1.76. The number of carboxylic acids is 1. The number of thioether (sulfide) groups is 1. The molecule has 1 fully saturated rings. The highest BCUT2D eigenvalue weighted by molar-refractivity contribution is 8.27. The van der Waals surface area contributed by atoms with Crippen LogP contribution < -0.4 is 14.9 Å². The Morgan fingerprint density at radius 2 is 1.89 bits per heavy atom. The SMILES string of the molecule is CN(C)c1ccc(/C=C2\SC(=S)N(c3ccc([O-])c(C(=O)O)c3)C2=O)cc1. The Morgan fingerprint density at radius 1 is 1.22 bits per heavy atom. The maximum Gasteiger partial charge on any atom is 0.335 e. The van der Waals surface area contributed by atoms with Gasteiger partial charge in [-0.05, 0) is 35.9 Å². The van der Waals surface area contributed by atoms with E-state index >= 15 is 0 Å². The molecule has 1 N–H and O–H groups in total. The van der Waals surface area contributed by atoms with Crippen LogP contribution in [0, 0.1) is 0 Å². The summed E-state index contributed by atoms with van der Waals surface area (Å²) in [4.78, 5) is 27.6. The van der Waals surface area contributed by atoms with Crippen LogP contribution >= 0.6 is 24.0 Å². The smallest absolute Gasteiger partial charge is 0.335 e. The van der Waals surface area contributed by atoms with Gasteiger partial charge in [-0.15, -0.1) is 0 Å². The Morgan fingerprint density at radius 3 is 2.48 bits per heavy atom. The minimum atomic E-state index is -1.34. The maximum absolute atomic E-state index is 12.8. The fourth-order valence-corrected chi connectivity index (χ4v) is 3.83. The number of rotatable bonds is 4. The minimum Gasteiger partial charge on any atom is -0.872 e. The van der Waals surface area contributed by atoms with Gasteiger partial charge in [0.2, 0.25) is 0 Å². The molecule has 0 radical (unpaired) electrons. The van der Waals surface area contributed by atoms with E-state index in [1.807, 2.05) is 43.3 Å². The second-order valence-corrected chi connectivity index (χ2v) is 7.66. The topological polar surface area (TPSA) is 83.9 Å². The van der Waals surface area contributed by atoms with Crippen LogP contribution in [0.3, 0.4) is 0 Å². The molecule has 1 aliphatic rings. The molecule has 1 saturated heterocycles. The van der Waals surface area contributed by atoms with E-state index in [4.69, 9.17) is 17.3 Å². The normalized spacial score (nSPS) is 15.5. The van der Waals surface area contributed by atoms with Gasteiger partial charge in [0.25, 0.3) is 5.91 Å². The number of hydrogen-bond acceptors (Lipinski definition) is 6. The number of amides is 1. The standard InChI is InChI=1S/C19H16N2O4S2/c1-20(2)12-5-3-11(4-6-12)9-16-17(23)21(19(26)27-16)13-7-8-15(22)14(10-13)18(24)25/h3-10,22H,1-2H3,(H,24,25)/p-1/b16-9-. The van der Waals surface area contributed by atoms with Gasteiger partial charge in [-0.2, -0.15) is 0 Å². The zero-order valence-electron chi connectivity index (χ0n) is 14.5. The lowest BCUT2D eigenvalue weighted by Crippen LogP contribution is -2.27. The van der Waals surface area contributed by atoms with Crippen molar-refractivity contribution in [2.24, 2.45) is 0 Å². The number of benzene rings is 2. The lowest BCUT2D eigenvalue weighted by molar-refractivity contribution is -0.268. The van der Waals surface area contributed by atoms with Crippen LogP contribution in [0.2, 0.25) is 0 Å². The summed E-state index contributed by atoms with van der Waals surface area (Å²) in [6.45, 7) is 0. The highest BCUT2D eigenvalue weighted by Crippen LogP contribution is 2.37. The third-order valence-corrected chi connectivity index (χ3v) is 5.25. The highest BCUT2D eigenvalue weighted by Gasteiger charge is 2.33. The number of nitrogens with zero attached hydrogens (tertiary/aromatic N) is 2. The van der Waals surface area contributed by atoms with E-state index < -0.39 is 17.3 Å². The third-order valence-electron chi connectivity index (χ3n) is 3.95. The number of aromatic carboxylic acids is 1. The Kier molecular flexibility index (Phi) is 5.20. The zero-order valence-corrected chi connectivity index (χ0v) is 16.1. The van der Waals surface area contributed by atoms with Crippen LogP contribution in [0.25, 0.3) is 6.08 Å². The van der Waals surface area contributed by atoms with Gasteiger partial charge in [-0.1, -0.05) is 47.9 Å². The van der Waals surface area contributed by atoms with E-state index in [0.29, 0.717) is 4.91 Å². The van der Waals surface area contributed by atoms with Crippen molar-refractivity contribution in [2.75, 3.05) is 23.9 Å². The number of hydrogen-bond donors (Lipinski definition) is 1. The molecule has 2 aromatic rings. The van der Waals surface area contributed by atoms with E-state index in [9.17, 15) is 14.7 Å². The quantitative estimate of drug-likeness (QED) is 0.625.